The molecule has 1 N–H and O–H groups in total. The molecule has 3 heterocycles. The summed E-state index contributed by atoms with van der Waals surface area (Å²) >= 11 is 0. The van der Waals surface area contributed by atoms with Gasteiger partial charge in [-0.1, -0.05) is 18.2 Å². The lowest BCUT2D eigenvalue weighted by atomic mass is 10.00. The molecule has 0 atom stereocenters. The zero-order valence-electron chi connectivity index (χ0n) is 17.3. The van der Waals surface area contributed by atoms with E-state index in [1.807, 2.05) is 30.5 Å². The van der Waals surface area contributed by atoms with Crippen molar-refractivity contribution in [2.24, 2.45) is 0 Å². The first-order valence-corrected chi connectivity index (χ1v) is 9.39. The highest BCUT2D eigenvalue weighted by atomic mass is 16.5. The number of fused-ring (bicyclic) bond motifs is 1. The first-order chi connectivity index (χ1) is 14.5. The Labute approximate surface area is 174 Å². The van der Waals surface area contributed by atoms with Crippen molar-refractivity contribution in [2.75, 3.05) is 28.3 Å². The normalized spacial score (nSPS) is 10.8. The Balaban J connectivity index is 1.94. The first-order valence-electron chi connectivity index (χ1n) is 9.39. The molecular formula is C23H22N4O3. The van der Waals surface area contributed by atoms with Gasteiger partial charge in [0, 0.05) is 61.1 Å². The van der Waals surface area contributed by atoms with Crippen LogP contribution in [0.4, 0.5) is 0 Å². The summed E-state index contributed by atoms with van der Waals surface area (Å²) in [5.41, 5.74) is 4.55. The number of nitrogens with one attached hydrogen (secondary N) is 1. The van der Waals surface area contributed by atoms with Gasteiger partial charge in [0.2, 0.25) is 0 Å². The van der Waals surface area contributed by atoms with Gasteiger partial charge >= 0.3 is 0 Å². The smallest absolute Gasteiger partial charge is 0.254 e. The minimum atomic E-state index is -0.117. The number of hydrogen-bond donors (Lipinski definition) is 1. The van der Waals surface area contributed by atoms with E-state index in [-0.39, 0.29) is 5.91 Å². The standard InChI is InChI=1S/C23H22N4O3/c1-27(2)23(28)15-9-14(10-24-11-15)17-12-25-22-20(21(17)30-4)18(13-26-22)16-7-5-6-8-19(16)29-3/h5-13H,1-4H3,(H,25,26). The van der Waals surface area contributed by atoms with Gasteiger partial charge in [0.15, 0.2) is 0 Å². The minimum absolute atomic E-state index is 0.117. The molecule has 152 valence electrons. The van der Waals surface area contributed by atoms with E-state index in [1.165, 1.54) is 4.90 Å². The average Bonchev–Trinajstić information content (AvgIpc) is 3.22. The second-order valence-corrected chi connectivity index (χ2v) is 6.99. The van der Waals surface area contributed by atoms with Crippen LogP contribution in [0.1, 0.15) is 10.4 Å². The molecule has 0 saturated heterocycles. The molecule has 0 unspecified atom stereocenters. The van der Waals surface area contributed by atoms with Gasteiger partial charge in [-0.3, -0.25) is 9.78 Å². The van der Waals surface area contributed by atoms with E-state index in [0.717, 1.165) is 33.4 Å². The van der Waals surface area contributed by atoms with E-state index in [9.17, 15) is 4.79 Å². The summed E-state index contributed by atoms with van der Waals surface area (Å²) in [4.78, 5) is 26.0. The Morgan fingerprint density at radius 1 is 1.00 bits per heavy atom. The van der Waals surface area contributed by atoms with Crippen LogP contribution in [0.5, 0.6) is 11.5 Å². The summed E-state index contributed by atoms with van der Waals surface area (Å²) in [5, 5.41) is 0.837. The highest BCUT2D eigenvalue weighted by Crippen LogP contribution is 2.42. The number of hydrogen-bond acceptors (Lipinski definition) is 5. The van der Waals surface area contributed by atoms with Crippen molar-refractivity contribution in [2.45, 2.75) is 0 Å². The zero-order valence-corrected chi connectivity index (χ0v) is 17.3. The van der Waals surface area contributed by atoms with Gasteiger partial charge in [-0.2, -0.15) is 0 Å². The van der Waals surface area contributed by atoms with Crippen LogP contribution in [0.3, 0.4) is 0 Å². The second kappa shape index (κ2) is 7.87. The number of amides is 1. The predicted octanol–water partition coefficient (Wildman–Crippen LogP) is 4.01. The highest BCUT2D eigenvalue weighted by molar-refractivity contribution is 6.03. The van der Waals surface area contributed by atoms with Crippen LogP contribution in [-0.4, -0.2) is 54.1 Å². The molecule has 7 nitrogen and oxygen atoms in total. The Bertz CT molecular complexity index is 1230. The lowest BCUT2D eigenvalue weighted by molar-refractivity contribution is 0.0827. The van der Waals surface area contributed by atoms with E-state index in [1.54, 1.807) is 53.0 Å². The molecule has 4 rings (SSSR count). The number of ether oxygens (including phenoxy) is 2. The first kappa shape index (κ1) is 19.4. The maximum Gasteiger partial charge on any atom is 0.254 e. The van der Waals surface area contributed by atoms with Crippen LogP contribution in [-0.2, 0) is 0 Å². The van der Waals surface area contributed by atoms with Crippen molar-refractivity contribution in [3.8, 4) is 33.8 Å². The third-order valence-corrected chi connectivity index (χ3v) is 4.96. The number of benzene rings is 1. The number of carbonyl (C=O) groups is 1. The quantitative estimate of drug-likeness (QED) is 0.546. The maximum atomic E-state index is 12.4. The van der Waals surface area contributed by atoms with Crippen LogP contribution in [0.15, 0.2) is 55.1 Å². The summed E-state index contributed by atoms with van der Waals surface area (Å²) in [6.45, 7) is 0. The third-order valence-electron chi connectivity index (χ3n) is 4.96. The lowest BCUT2D eigenvalue weighted by Gasteiger charge is -2.14. The summed E-state index contributed by atoms with van der Waals surface area (Å²) in [6, 6.07) is 9.59. The van der Waals surface area contributed by atoms with E-state index < -0.39 is 0 Å². The fraction of sp³-hybridized carbons (Fsp3) is 0.174. The summed E-state index contributed by atoms with van der Waals surface area (Å²) in [6.07, 6.45) is 6.88. The van der Waals surface area contributed by atoms with Crippen LogP contribution in [0.25, 0.3) is 33.3 Å². The Hall–Kier alpha value is -3.87. The van der Waals surface area contributed by atoms with Gasteiger partial charge in [0.25, 0.3) is 5.91 Å². The van der Waals surface area contributed by atoms with Gasteiger partial charge in [0.1, 0.15) is 17.1 Å². The van der Waals surface area contributed by atoms with Gasteiger partial charge in [-0.05, 0) is 12.1 Å². The molecule has 0 radical (unpaired) electrons. The number of aromatic amines is 1. The molecule has 1 aromatic carbocycles. The van der Waals surface area contributed by atoms with Crippen LogP contribution < -0.4 is 9.47 Å². The van der Waals surface area contributed by atoms with Crippen LogP contribution in [0.2, 0.25) is 0 Å². The molecular weight excluding hydrogens is 380 g/mol. The number of H-pyrrole nitrogens is 1. The van der Waals surface area contributed by atoms with Crippen LogP contribution >= 0.6 is 0 Å². The number of nitrogens with zero attached hydrogens (tertiary/aromatic N) is 3. The molecule has 0 aliphatic heterocycles. The van der Waals surface area contributed by atoms with Crippen molar-refractivity contribution in [1.29, 1.82) is 0 Å². The predicted molar refractivity (Wildman–Crippen MR) is 116 cm³/mol. The van der Waals surface area contributed by atoms with E-state index in [4.69, 9.17) is 9.47 Å². The van der Waals surface area contributed by atoms with Crippen molar-refractivity contribution in [3.63, 3.8) is 0 Å². The van der Waals surface area contributed by atoms with Crippen molar-refractivity contribution in [1.82, 2.24) is 19.9 Å². The molecule has 0 bridgehead atoms. The highest BCUT2D eigenvalue weighted by Gasteiger charge is 2.20. The SMILES string of the molecule is COc1ccccc1-c1c[nH]c2ncc(-c3cncc(C(=O)N(C)C)c3)c(OC)c12. The topological polar surface area (TPSA) is 80.3 Å². The lowest BCUT2D eigenvalue weighted by Crippen LogP contribution is -2.21. The van der Waals surface area contributed by atoms with Crippen LogP contribution in [0, 0.1) is 0 Å². The molecule has 7 heteroatoms. The van der Waals surface area contributed by atoms with Crippen molar-refractivity contribution >= 4 is 16.9 Å². The average molecular weight is 402 g/mol. The molecule has 30 heavy (non-hydrogen) atoms. The summed E-state index contributed by atoms with van der Waals surface area (Å²) < 4.78 is 11.4. The minimum Gasteiger partial charge on any atom is -0.496 e. The molecule has 0 aliphatic carbocycles. The molecule has 1 amide bonds. The number of rotatable bonds is 5. The van der Waals surface area contributed by atoms with Gasteiger partial charge < -0.3 is 19.4 Å². The second-order valence-electron chi connectivity index (χ2n) is 6.99. The fourth-order valence-electron chi connectivity index (χ4n) is 3.53. The number of para-hydroxylation sites is 1. The van der Waals surface area contributed by atoms with Gasteiger partial charge in [-0.25, -0.2) is 4.98 Å². The van der Waals surface area contributed by atoms with E-state index in [2.05, 4.69) is 15.0 Å². The number of methoxy groups -OCH3 is 2. The molecule has 3 aromatic heterocycles. The maximum absolute atomic E-state index is 12.4. The van der Waals surface area contributed by atoms with Crippen molar-refractivity contribution in [3.05, 3.63) is 60.7 Å². The Morgan fingerprint density at radius 3 is 2.53 bits per heavy atom. The van der Waals surface area contributed by atoms with E-state index >= 15 is 0 Å². The number of pyridine rings is 2. The molecule has 0 saturated carbocycles. The zero-order chi connectivity index (χ0) is 21.3. The fourth-order valence-corrected chi connectivity index (χ4v) is 3.53. The number of carbonyl (C=O) groups excluding carboxylic acids is 1. The Kier molecular flexibility index (Phi) is 5.10. The monoisotopic (exact) mass is 402 g/mol. The third kappa shape index (κ3) is 3.24. The molecule has 0 aliphatic rings. The molecule has 4 aromatic rings. The largest absolute Gasteiger partial charge is 0.496 e. The molecule has 0 spiro atoms. The number of aromatic nitrogens is 3. The Morgan fingerprint density at radius 2 is 1.80 bits per heavy atom. The molecule has 0 fully saturated rings. The summed E-state index contributed by atoms with van der Waals surface area (Å²) in [7, 11) is 6.69. The summed E-state index contributed by atoms with van der Waals surface area (Å²) in [5.74, 6) is 1.29. The van der Waals surface area contributed by atoms with E-state index in [0.29, 0.717) is 17.0 Å². The van der Waals surface area contributed by atoms with Gasteiger partial charge in [0.05, 0.1) is 25.2 Å². The van der Waals surface area contributed by atoms with Gasteiger partial charge in [-0.15, -0.1) is 0 Å². The van der Waals surface area contributed by atoms with Crippen molar-refractivity contribution < 1.29 is 14.3 Å².